The van der Waals surface area contributed by atoms with Crippen molar-refractivity contribution in [3.05, 3.63) is 89.5 Å². The summed E-state index contributed by atoms with van der Waals surface area (Å²) in [5, 5.41) is 0. The molecule has 3 rings (SSSR count). The zero-order valence-corrected chi connectivity index (χ0v) is 19.2. The van der Waals surface area contributed by atoms with Gasteiger partial charge in [-0.05, 0) is 48.0 Å². The zero-order chi connectivity index (χ0) is 25.1. The Kier molecular flexibility index (Phi) is 7.15. The fraction of sp³-hybridized carbons (Fsp3) is 0.136. The van der Waals surface area contributed by atoms with Gasteiger partial charge in [-0.25, -0.2) is 26.4 Å². The number of hydrogen-bond acceptors (Lipinski definition) is 6. The van der Waals surface area contributed by atoms with Crippen LogP contribution in [0.25, 0.3) is 0 Å². The number of benzene rings is 3. The van der Waals surface area contributed by atoms with Gasteiger partial charge in [-0.15, -0.1) is 0 Å². The van der Waals surface area contributed by atoms with Crippen LogP contribution in [-0.2, 0) is 37.3 Å². The number of hydrogen-bond donors (Lipinski definition) is 1. The zero-order valence-electron chi connectivity index (χ0n) is 17.5. The van der Waals surface area contributed by atoms with Gasteiger partial charge in [-0.1, -0.05) is 30.3 Å². The van der Waals surface area contributed by atoms with E-state index in [1.807, 2.05) is 4.72 Å². The highest BCUT2D eigenvalue weighted by Crippen LogP contribution is 2.36. The fourth-order valence-corrected chi connectivity index (χ4v) is 5.64. The van der Waals surface area contributed by atoms with Crippen molar-refractivity contribution >= 4 is 25.8 Å². The predicted octanol–water partition coefficient (Wildman–Crippen LogP) is 3.80. The number of nitrogens with one attached hydrogen (secondary N) is 1. The van der Waals surface area contributed by atoms with E-state index in [1.165, 1.54) is 55.6 Å². The molecular formula is C22H18F3NO6S2. The summed E-state index contributed by atoms with van der Waals surface area (Å²) < 4.78 is 98.6. The second-order valence-electron chi connectivity index (χ2n) is 6.99. The smallest absolute Gasteiger partial charge is 0.417 e. The molecule has 0 unspecified atom stereocenters. The minimum Gasteiger partial charge on any atom is -0.465 e. The number of methoxy groups -OCH3 is 1. The van der Waals surface area contributed by atoms with Crippen molar-refractivity contribution in [2.24, 2.45) is 0 Å². The molecule has 34 heavy (non-hydrogen) atoms. The fourth-order valence-electron chi connectivity index (χ4n) is 2.99. The number of carbonyl (C=O) groups excluding carboxylic acids is 1. The molecule has 3 aromatic rings. The number of carbonyl (C=O) groups is 1. The number of sulfone groups is 1. The summed E-state index contributed by atoms with van der Waals surface area (Å²) >= 11 is 0. The first-order chi connectivity index (χ1) is 15.9. The van der Waals surface area contributed by atoms with Gasteiger partial charge in [0.1, 0.15) is 0 Å². The first kappa shape index (κ1) is 25.4. The van der Waals surface area contributed by atoms with Crippen molar-refractivity contribution in [3.8, 4) is 0 Å². The van der Waals surface area contributed by atoms with Crippen LogP contribution >= 0.6 is 0 Å². The molecule has 0 aliphatic carbocycles. The Morgan fingerprint density at radius 3 is 2.06 bits per heavy atom. The number of rotatable bonds is 7. The molecule has 12 heteroatoms. The van der Waals surface area contributed by atoms with Crippen LogP contribution in [0.4, 0.5) is 13.2 Å². The van der Waals surface area contributed by atoms with Crippen LogP contribution in [0.3, 0.4) is 0 Å². The highest BCUT2D eigenvalue weighted by Gasteiger charge is 2.38. The number of alkyl halides is 3. The second-order valence-corrected chi connectivity index (χ2v) is 10.7. The van der Waals surface area contributed by atoms with Gasteiger partial charge in [0, 0.05) is 6.54 Å². The van der Waals surface area contributed by atoms with Crippen molar-refractivity contribution in [1.29, 1.82) is 0 Å². The molecule has 0 atom stereocenters. The van der Waals surface area contributed by atoms with Gasteiger partial charge in [0.05, 0.1) is 32.9 Å². The van der Waals surface area contributed by atoms with E-state index in [4.69, 9.17) is 0 Å². The highest BCUT2D eigenvalue weighted by molar-refractivity contribution is 7.91. The maximum absolute atomic E-state index is 13.6. The van der Waals surface area contributed by atoms with Gasteiger partial charge >= 0.3 is 12.1 Å². The maximum Gasteiger partial charge on any atom is 0.417 e. The molecule has 3 aromatic carbocycles. The third kappa shape index (κ3) is 5.46. The van der Waals surface area contributed by atoms with Crippen LogP contribution < -0.4 is 4.72 Å². The number of esters is 1. The Morgan fingerprint density at radius 1 is 0.882 bits per heavy atom. The summed E-state index contributed by atoms with van der Waals surface area (Å²) in [5.74, 6) is -0.613. The van der Waals surface area contributed by atoms with E-state index in [1.54, 1.807) is 6.07 Å². The monoisotopic (exact) mass is 513 g/mol. The van der Waals surface area contributed by atoms with Gasteiger partial charge in [0.2, 0.25) is 19.9 Å². The first-order valence-electron chi connectivity index (χ1n) is 9.54. The average Bonchev–Trinajstić information content (AvgIpc) is 2.82. The lowest BCUT2D eigenvalue weighted by molar-refractivity contribution is -0.139. The summed E-state index contributed by atoms with van der Waals surface area (Å²) in [7, 11) is -7.88. The minimum atomic E-state index is -5.05. The molecule has 0 spiro atoms. The second kappa shape index (κ2) is 9.57. The number of sulfonamides is 1. The quantitative estimate of drug-likeness (QED) is 0.482. The van der Waals surface area contributed by atoms with Crippen molar-refractivity contribution in [2.75, 3.05) is 7.11 Å². The minimum absolute atomic E-state index is 0.197. The van der Waals surface area contributed by atoms with Crippen LogP contribution in [0.2, 0.25) is 0 Å². The van der Waals surface area contributed by atoms with E-state index < -0.39 is 53.9 Å². The molecule has 0 aliphatic rings. The van der Waals surface area contributed by atoms with E-state index in [0.29, 0.717) is 17.7 Å². The highest BCUT2D eigenvalue weighted by atomic mass is 32.2. The summed E-state index contributed by atoms with van der Waals surface area (Å²) in [6.45, 7) is -0.406. The molecular weight excluding hydrogens is 495 g/mol. The van der Waals surface area contributed by atoms with Crippen molar-refractivity contribution in [3.63, 3.8) is 0 Å². The van der Waals surface area contributed by atoms with E-state index in [9.17, 15) is 34.8 Å². The Morgan fingerprint density at radius 2 is 1.50 bits per heavy atom. The summed E-state index contributed by atoms with van der Waals surface area (Å²) in [4.78, 5) is 9.47. The van der Waals surface area contributed by atoms with Crippen LogP contribution in [-0.4, -0.2) is 29.9 Å². The van der Waals surface area contributed by atoms with Crippen LogP contribution in [0.15, 0.2) is 87.5 Å². The molecule has 0 radical (unpaired) electrons. The summed E-state index contributed by atoms with van der Waals surface area (Å²) in [6, 6.07) is 14.1. The standard InChI is InChI=1S/C22H18F3NO6S2/c1-32-21(27)16-9-7-15(8-10-16)14-26-34(30,31)20-13-18(11-12-19(20)22(23,24)25)33(28,29)17-5-3-2-4-6-17/h2-13,26H,14H2,1H3. The maximum atomic E-state index is 13.6. The number of halogens is 3. The van der Waals surface area contributed by atoms with Gasteiger partial charge in [-0.3, -0.25) is 0 Å². The lowest BCUT2D eigenvalue weighted by atomic mass is 10.1. The molecule has 0 aromatic heterocycles. The molecule has 0 saturated heterocycles. The lowest BCUT2D eigenvalue weighted by Crippen LogP contribution is -2.26. The Labute approximate surface area is 194 Å². The first-order valence-corrected chi connectivity index (χ1v) is 12.5. The summed E-state index contributed by atoms with van der Waals surface area (Å²) in [6.07, 6.45) is -5.05. The van der Waals surface area contributed by atoms with Gasteiger partial charge < -0.3 is 4.74 Å². The SMILES string of the molecule is COC(=O)c1ccc(CNS(=O)(=O)c2cc(S(=O)(=O)c3ccccc3)ccc2C(F)(F)F)cc1. The molecule has 0 bridgehead atoms. The molecule has 0 saturated carbocycles. The predicted molar refractivity (Wildman–Crippen MR) is 115 cm³/mol. The van der Waals surface area contributed by atoms with Crippen LogP contribution in [0.5, 0.6) is 0 Å². The van der Waals surface area contributed by atoms with E-state index in [0.717, 1.165) is 6.07 Å². The van der Waals surface area contributed by atoms with Gasteiger partial charge in [0.25, 0.3) is 0 Å². The van der Waals surface area contributed by atoms with E-state index >= 15 is 0 Å². The van der Waals surface area contributed by atoms with Gasteiger partial charge in [-0.2, -0.15) is 13.2 Å². The van der Waals surface area contributed by atoms with Crippen molar-refractivity contribution in [1.82, 2.24) is 4.72 Å². The lowest BCUT2D eigenvalue weighted by Gasteiger charge is -2.16. The number of ether oxygens (including phenoxy) is 1. The molecule has 0 heterocycles. The van der Waals surface area contributed by atoms with Crippen LogP contribution in [0, 0.1) is 0 Å². The molecule has 180 valence electrons. The normalized spacial score (nSPS) is 12.4. The Bertz CT molecular complexity index is 1400. The molecule has 0 fully saturated rings. The molecule has 7 nitrogen and oxygen atoms in total. The van der Waals surface area contributed by atoms with Crippen LogP contribution in [0.1, 0.15) is 21.5 Å². The van der Waals surface area contributed by atoms with Crippen molar-refractivity contribution in [2.45, 2.75) is 27.4 Å². The van der Waals surface area contributed by atoms with Gasteiger partial charge in [0.15, 0.2) is 0 Å². The van der Waals surface area contributed by atoms with E-state index in [-0.39, 0.29) is 10.5 Å². The Hall–Kier alpha value is -3.22. The average molecular weight is 514 g/mol. The van der Waals surface area contributed by atoms with Crippen molar-refractivity contribution < 1.29 is 39.5 Å². The Balaban J connectivity index is 1.98. The third-order valence-corrected chi connectivity index (χ3v) is 7.96. The van der Waals surface area contributed by atoms with E-state index in [2.05, 4.69) is 4.74 Å². The topological polar surface area (TPSA) is 107 Å². The third-order valence-electron chi connectivity index (χ3n) is 4.75. The molecule has 0 amide bonds. The molecule has 0 aliphatic heterocycles. The molecule has 1 N–H and O–H groups in total. The summed E-state index contributed by atoms with van der Waals surface area (Å²) in [5.41, 5.74) is -0.960. The largest absolute Gasteiger partial charge is 0.465 e.